The van der Waals surface area contributed by atoms with Crippen LogP contribution in [0.1, 0.15) is 13.3 Å². The molecular formula is C8H14N2O3. The fourth-order valence-corrected chi connectivity index (χ4v) is 0.701. The van der Waals surface area contributed by atoms with E-state index in [9.17, 15) is 9.59 Å². The van der Waals surface area contributed by atoms with E-state index in [2.05, 4.69) is 11.9 Å². The van der Waals surface area contributed by atoms with Gasteiger partial charge < -0.3 is 15.7 Å². The fourth-order valence-electron chi connectivity index (χ4n) is 0.701. The summed E-state index contributed by atoms with van der Waals surface area (Å²) < 4.78 is 0. The van der Waals surface area contributed by atoms with E-state index < -0.39 is 12.1 Å². The lowest BCUT2D eigenvalue weighted by molar-refractivity contribution is -0.122. The van der Waals surface area contributed by atoms with Gasteiger partial charge in [-0.1, -0.05) is 6.08 Å². The molecule has 5 heteroatoms. The fraction of sp³-hybridized carbons (Fsp3) is 0.500. The minimum absolute atomic E-state index is 0.329. The number of nitrogens with one attached hydrogen (secondary N) is 2. The highest BCUT2D eigenvalue weighted by atomic mass is 16.4. The minimum Gasteiger partial charge on any atom is -0.465 e. The molecule has 0 radical (unpaired) electrons. The van der Waals surface area contributed by atoms with E-state index in [0.717, 1.165) is 0 Å². The van der Waals surface area contributed by atoms with E-state index in [0.29, 0.717) is 13.0 Å². The molecular weight excluding hydrogens is 172 g/mol. The van der Waals surface area contributed by atoms with E-state index in [1.54, 1.807) is 6.08 Å². The van der Waals surface area contributed by atoms with Crippen molar-refractivity contribution in [3.63, 3.8) is 0 Å². The quantitative estimate of drug-likeness (QED) is 0.428. The van der Waals surface area contributed by atoms with Gasteiger partial charge in [-0.3, -0.25) is 4.79 Å². The van der Waals surface area contributed by atoms with E-state index in [1.165, 1.54) is 6.92 Å². The van der Waals surface area contributed by atoms with Crippen molar-refractivity contribution in [2.45, 2.75) is 19.4 Å². The lowest BCUT2D eigenvalue weighted by atomic mass is 10.3. The van der Waals surface area contributed by atoms with Crippen molar-refractivity contribution in [1.29, 1.82) is 0 Å². The Morgan fingerprint density at radius 1 is 1.62 bits per heavy atom. The van der Waals surface area contributed by atoms with Crippen molar-refractivity contribution < 1.29 is 14.7 Å². The molecule has 5 nitrogen and oxygen atoms in total. The van der Waals surface area contributed by atoms with Gasteiger partial charge in [-0.2, -0.15) is 0 Å². The Morgan fingerprint density at radius 3 is 2.69 bits per heavy atom. The predicted molar refractivity (Wildman–Crippen MR) is 48.4 cm³/mol. The van der Waals surface area contributed by atoms with Crippen molar-refractivity contribution in [3.8, 4) is 0 Å². The number of carboxylic acid groups (broad SMARTS) is 1. The second-order valence-corrected chi connectivity index (χ2v) is 2.54. The average molecular weight is 186 g/mol. The van der Waals surface area contributed by atoms with Crippen LogP contribution in [0.15, 0.2) is 12.7 Å². The highest BCUT2D eigenvalue weighted by Gasteiger charge is 2.13. The van der Waals surface area contributed by atoms with Crippen LogP contribution in [0.3, 0.4) is 0 Å². The molecule has 1 atom stereocenters. The number of carbonyl (C=O) groups excluding carboxylic acids is 1. The van der Waals surface area contributed by atoms with Crippen LogP contribution < -0.4 is 10.6 Å². The van der Waals surface area contributed by atoms with Gasteiger partial charge in [0.25, 0.3) is 0 Å². The molecule has 0 spiro atoms. The van der Waals surface area contributed by atoms with Crippen LogP contribution in [-0.4, -0.2) is 29.7 Å². The highest BCUT2D eigenvalue weighted by molar-refractivity contribution is 5.84. The van der Waals surface area contributed by atoms with E-state index in [4.69, 9.17) is 5.11 Å². The zero-order valence-electron chi connectivity index (χ0n) is 7.54. The minimum atomic E-state index is -1.20. The number of amides is 2. The van der Waals surface area contributed by atoms with Crippen molar-refractivity contribution in [2.24, 2.45) is 0 Å². The Kier molecular flexibility index (Phi) is 5.34. The summed E-state index contributed by atoms with van der Waals surface area (Å²) >= 11 is 0. The molecule has 0 saturated heterocycles. The van der Waals surface area contributed by atoms with Gasteiger partial charge in [0.2, 0.25) is 5.91 Å². The van der Waals surface area contributed by atoms with Crippen LogP contribution in [0.2, 0.25) is 0 Å². The van der Waals surface area contributed by atoms with Crippen LogP contribution in [-0.2, 0) is 4.79 Å². The molecule has 0 rings (SSSR count). The molecule has 2 amide bonds. The molecule has 3 N–H and O–H groups in total. The first-order chi connectivity index (χ1) is 6.07. The standard InChI is InChI=1S/C8H14N2O3/c1-3-4-5-9-7(11)6(2)10-8(12)13/h3,6,10H,1,4-5H2,2H3,(H,9,11)(H,12,13)/t6-/m0/s1. The van der Waals surface area contributed by atoms with Gasteiger partial charge in [-0.15, -0.1) is 6.58 Å². The van der Waals surface area contributed by atoms with Crippen LogP contribution in [0.4, 0.5) is 4.79 Å². The lowest BCUT2D eigenvalue weighted by Crippen LogP contribution is -2.44. The third-order valence-electron chi connectivity index (χ3n) is 1.38. The molecule has 0 aliphatic carbocycles. The summed E-state index contributed by atoms with van der Waals surface area (Å²) in [5, 5.41) is 12.9. The maximum Gasteiger partial charge on any atom is 0.405 e. The van der Waals surface area contributed by atoms with Crippen LogP contribution in [0.5, 0.6) is 0 Å². The number of hydrogen-bond acceptors (Lipinski definition) is 2. The van der Waals surface area contributed by atoms with Gasteiger partial charge in [-0.25, -0.2) is 4.79 Å². The molecule has 0 fully saturated rings. The predicted octanol–water partition coefficient (Wildman–Crippen LogP) is 0.335. The molecule has 0 aliphatic heterocycles. The maximum atomic E-state index is 11.1. The topological polar surface area (TPSA) is 78.4 Å². The second-order valence-electron chi connectivity index (χ2n) is 2.54. The zero-order valence-corrected chi connectivity index (χ0v) is 7.54. The summed E-state index contributed by atoms with van der Waals surface area (Å²) in [4.78, 5) is 21.2. The van der Waals surface area contributed by atoms with Crippen molar-refractivity contribution >= 4 is 12.0 Å². The summed E-state index contributed by atoms with van der Waals surface area (Å²) in [7, 11) is 0. The Bertz CT molecular complexity index is 204. The van der Waals surface area contributed by atoms with Gasteiger partial charge in [-0.05, 0) is 13.3 Å². The molecule has 13 heavy (non-hydrogen) atoms. The Morgan fingerprint density at radius 2 is 2.23 bits per heavy atom. The van der Waals surface area contributed by atoms with Crippen molar-refractivity contribution in [2.75, 3.05) is 6.54 Å². The lowest BCUT2D eigenvalue weighted by Gasteiger charge is -2.10. The summed E-state index contributed by atoms with van der Waals surface area (Å²) in [5.74, 6) is -0.329. The molecule has 0 unspecified atom stereocenters. The zero-order chi connectivity index (χ0) is 10.3. The number of carbonyl (C=O) groups is 2. The van der Waals surface area contributed by atoms with Gasteiger partial charge in [0, 0.05) is 6.54 Å². The monoisotopic (exact) mass is 186 g/mol. The molecule has 0 bridgehead atoms. The summed E-state index contributed by atoms with van der Waals surface area (Å²) in [6, 6.07) is -0.720. The Hall–Kier alpha value is -1.52. The highest BCUT2D eigenvalue weighted by Crippen LogP contribution is 1.83. The smallest absolute Gasteiger partial charge is 0.405 e. The first kappa shape index (κ1) is 11.5. The summed E-state index contributed by atoms with van der Waals surface area (Å²) in [6.07, 6.45) is 1.15. The first-order valence-electron chi connectivity index (χ1n) is 3.96. The van der Waals surface area contributed by atoms with Gasteiger partial charge in [0.1, 0.15) is 6.04 Å². The summed E-state index contributed by atoms with van der Waals surface area (Å²) in [5.41, 5.74) is 0. The van der Waals surface area contributed by atoms with E-state index >= 15 is 0 Å². The third kappa shape index (κ3) is 5.72. The maximum absolute atomic E-state index is 11.1. The molecule has 0 aromatic heterocycles. The van der Waals surface area contributed by atoms with Gasteiger partial charge >= 0.3 is 6.09 Å². The van der Waals surface area contributed by atoms with E-state index in [-0.39, 0.29) is 5.91 Å². The molecule has 74 valence electrons. The molecule has 0 saturated carbocycles. The molecule has 0 aromatic carbocycles. The van der Waals surface area contributed by atoms with Crippen molar-refractivity contribution in [1.82, 2.24) is 10.6 Å². The van der Waals surface area contributed by atoms with Crippen LogP contribution >= 0.6 is 0 Å². The number of hydrogen-bond donors (Lipinski definition) is 3. The van der Waals surface area contributed by atoms with Gasteiger partial charge in [0.05, 0.1) is 0 Å². The number of rotatable bonds is 5. The van der Waals surface area contributed by atoms with Crippen LogP contribution in [0, 0.1) is 0 Å². The normalized spacial score (nSPS) is 11.5. The second kappa shape index (κ2) is 6.05. The Labute approximate surface area is 76.8 Å². The molecule has 0 heterocycles. The molecule has 0 aromatic rings. The van der Waals surface area contributed by atoms with E-state index in [1.807, 2.05) is 5.32 Å². The van der Waals surface area contributed by atoms with Crippen LogP contribution in [0.25, 0.3) is 0 Å². The largest absolute Gasteiger partial charge is 0.465 e. The Balaban J connectivity index is 3.69. The summed E-state index contributed by atoms with van der Waals surface area (Å²) in [6.45, 7) is 5.45. The average Bonchev–Trinajstić information content (AvgIpc) is 2.03. The third-order valence-corrected chi connectivity index (χ3v) is 1.38. The SMILES string of the molecule is C=CCCNC(=O)[C@H](C)NC(=O)O. The molecule has 0 aliphatic rings. The van der Waals surface area contributed by atoms with Gasteiger partial charge in [0.15, 0.2) is 0 Å². The first-order valence-corrected chi connectivity index (χ1v) is 3.96. The van der Waals surface area contributed by atoms with Crippen molar-refractivity contribution in [3.05, 3.63) is 12.7 Å².